The fraction of sp³-hybridized carbons (Fsp3) is 0.680. The number of carbonyl (C=O) groups is 2. The van der Waals surface area contributed by atoms with Crippen LogP contribution < -0.4 is 15.4 Å². The van der Waals surface area contributed by atoms with Crippen LogP contribution in [0.4, 0.5) is 4.79 Å². The minimum atomic E-state index is -0.252. The smallest absolute Gasteiger partial charge is 0.315 e. The number of fused-ring (bicyclic) bond motifs is 1. The summed E-state index contributed by atoms with van der Waals surface area (Å²) in [6.45, 7) is 4.11. The van der Waals surface area contributed by atoms with E-state index >= 15 is 0 Å². The van der Waals surface area contributed by atoms with Gasteiger partial charge in [-0.25, -0.2) is 4.79 Å². The number of nitrogens with zero attached hydrogens (tertiary/aromatic N) is 2. The van der Waals surface area contributed by atoms with E-state index in [1.54, 1.807) is 0 Å². The van der Waals surface area contributed by atoms with Crippen molar-refractivity contribution in [2.45, 2.75) is 62.5 Å². The second-order valence-corrected chi connectivity index (χ2v) is 9.93. The molecule has 0 aromatic heterocycles. The van der Waals surface area contributed by atoms with Crippen molar-refractivity contribution in [2.24, 2.45) is 0 Å². The molecule has 1 aromatic carbocycles. The van der Waals surface area contributed by atoms with Gasteiger partial charge in [-0.05, 0) is 44.2 Å². The highest BCUT2D eigenvalue weighted by Crippen LogP contribution is 2.30. The SMILES string of the molecule is CN1CCN(C(=O)c2ccc(O[C@H]3CO[C@H]4[C@@H]3OC[C@@H]4NC(=O)NC3CCCCC3)cc2)CC1. The first kappa shape index (κ1) is 23.4. The summed E-state index contributed by atoms with van der Waals surface area (Å²) in [6, 6.07) is 7.23. The van der Waals surface area contributed by atoms with Crippen LogP contribution in [0, 0.1) is 0 Å². The summed E-state index contributed by atoms with van der Waals surface area (Å²) in [5.41, 5.74) is 0.669. The molecule has 3 heterocycles. The lowest BCUT2D eigenvalue weighted by Crippen LogP contribution is -2.51. The third kappa shape index (κ3) is 5.31. The van der Waals surface area contributed by atoms with Gasteiger partial charge in [-0.2, -0.15) is 0 Å². The van der Waals surface area contributed by atoms with Crippen molar-refractivity contribution in [1.82, 2.24) is 20.4 Å². The van der Waals surface area contributed by atoms with Crippen molar-refractivity contribution in [1.29, 1.82) is 0 Å². The van der Waals surface area contributed by atoms with Crippen LogP contribution in [0.1, 0.15) is 42.5 Å². The van der Waals surface area contributed by atoms with Gasteiger partial charge < -0.3 is 34.6 Å². The molecule has 0 radical (unpaired) electrons. The first-order chi connectivity index (χ1) is 16.6. The predicted molar refractivity (Wildman–Crippen MR) is 126 cm³/mol. The number of urea groups is 1. The summed E-state index contributed by atoms with van der Waals surface area (Å²) in [5.74, 6) is 0.739. The van der Waals surface area contributed by atoms with Crippen LogP contribution in [-0.4, -0.2) is 98.6 Å². The summed E-state index contributed by atoms with van der Waals surface area (Å²) < 4.78 is 18.1. The van der Waals surface area contributed by atoms with E-state index < -0.39 is 0 Å². The molecule has 0 unspecified atom stereocenters. The standard InChI is InChI=1S/C25H36N4O5/c1-28-11-13-29(14-12-28)24(30)17-7-9-19(10-8-17)34-21-16-33-22-20(15-32-23(21)22)27-25(31)26-18-5-3-2-4-6-18/h7-10,18,20-23H,2-6,11-16H2,1H3,(H2,26,27,31)/t20-,21-,22+,23+/m0/s1. The molecule has 186 valence electrons. The van der Waals surface area contributed by atoms with Crippen LogP contribution in [0.5, 0.6) is 5.75 Å². The summed E-state index contributed by atoms with van der Waals surface area (Å²) in [6.07, 6.45) is 5.00. The Hall–Kier alpha value is -2.36. The molecule has 3 aliphatic heterocycles. The average Bonchev–Trinajstić information content (AvgIpc) is 3.43. The fourth-order valence-corrected chi connectivity index (χ4v) is 5.37. The van der Waals surface area contributed by atoms with E-state index in [9.17, 15) is 9.59 Å². The number of hydrogen-bond donors (Lipinski definition) is 2. The molecule has 1 aliphatic carbocycles. The quantitative estimate of drug-likeness (QED) is 0.677. The Labute approximate surface area is 201 Å². The predicted octanol–water partition coefficient (Wildman–Crippen LogP) is 1.62. The number of benzene rings is 1. The number of hydrogen-bond acceptors (Lipinski definition) is 6. The Morgan fingerprint density at radius 3 is 2.35 bits per heavy atom. The zero-order valence-electron chi connectivity index (χ0n) is 19.9. The molecule has 4 fully saturated rings. The van der Waals surface area contributed by atoms with Crippen LogP contribution in [0.15, 0.2) is 24.3 Å². The molecule has 1 aromatic rings. The van der Waals surface area contributed by atoms with Gasteiger partial charge in [0.25, 0.3) is 5.91 Å². The lowest BCUT2D eigenvalue weighted by Gasteiger charge is -2.32. The fourth-order valence-electron chi connectivity index (χ4n) is 5.37. The van der Waals surface area contributed by atoms with Crippen molar-refractivity contribution >= 4 is 11.9 Å². The summed E-state index contributed by atoms with van der Waals surface area (Å²) in [4.78, 5) is 29.3. The normalized spacial score (nSPS) is 30.1. The van der Waals surface area contributed by atoms with Crippen molar-refractivity contribution in [3.05, 3.63) is 29.8 Å². The van der Waals surface area contributed by atoms with Gasteiger partial charge in [0, 0.05) is 37.8 Å². The lowest BCUT2D eigenvalue weighted by molar-refractivity contribution is 0.0303. The van der Waals surface area contributed by atoms with Gasteiger partial charge in [-0.15, -0.1) is 0 Å². The zero-order valence-corrected chi connectivity index (χ0v) is 19.9. The number of likely N-dealkylation sites (N-methyl/N-ethyl adjacent to an activating group) is 1. The van der Waals surface area contributed by atoms with E-state index in [1.165, 1.54) is 19.3 Å². The maximum Gasteiger partial charge on any atom is 0.315 e. The zero-order chi connectivity index (χ0) is 23.5. The molecule has 5 rings (SSSR count). The molecule has 34 heavy (non-hydrogen) atoms. The number of nitrogens with one attached hydrogen (secondary N) is 2. The Morgan fingerprint density at radius 2 is 1.62 bits per heavy atom. The monoisotopic (exact) mass is 472 g/mol. The Balaban J connectivity index is 1.11. The first-order valence-electron chi connectivity index (χ1n) is 12.6. The lowest BCUT2D eigenvalue weighted by atomic mass is 9.96. The summed E-state index contributed by atoms with van der Waals surface area (Å²) in [5, 5.41) is 6.13. The van der Waals surface area contributed by atoms with Crippen LogP contribution in [0.2, 0.25) is 0 Å². The minimum absolute atomic E-state index is 0.0588. The van der Waals surface area contributed by atoms with E-state index in [-0.39, 0.29) is 42.3 Å². The van der Waals surface area contributed by atoms with Gasteiger partial charge in [0.1, 0.15) is 18.0 Å². The van der Waals surface area contributed by atoms with Crippen molar-refractivity contribution in [2.75, 3.05) is 46.4 Å². The molecule has 9 nitrogen and oxygen atoms in total. The molecule has 3 saturated heterocycles. The van der Waals surface area contributed by atoms with Gasteiger partial charge in [-0.3, -0.25) is 4.79 Å². The molecular weight excluding hydrogens is 436 g/mol. The van der Waals surface area contributed by atoms with Crippen molar-refractivity contribution in [3.63, 3.8) is 0 Å². The third-order valence-electron chi connectivity index (χ3n) is 7.44. The number of amides is 3. The van der Waals surface area contributed by atoms with Gasteiger partial charge in [-0.1, -0.05) is 19.3 Å². The minimum Gasteiger partial charge on any atom is -0.485 e. The van der Waals surface area contributed by atoms with Gasteiger partial charge in [0.2, 0.25) is 0 Å². The molecular formula is C25H36N4O5. The van der Waals surface area contributed by atoms with Crippen molar-refractivity contribution in [3.8, 4) is 5.75 Å². The number of carbonyl (C=O) groups excluding carboxylic acids is 2. The van der Waals surface area contributed by atoms with Crippen LogP contribution in [0.3, 0.4) is 0 Å². The van der Waals surface area contributed by atoms with Gasteiger partial charge in [0.05, 0.1) is 19.3 Å². The number of piperazine rings is 1. The molecule has 9 heteroatoms. The second-order valence-electron chi connectivity index (χ2n) is 9.93. The highest BCUT2D eigenvalue weighted by atomic mass is 16.6. The molecule has 2 N–H and O–H groups in total. The van der Waals surface area contributed by atoms with E-state index in [0.29, 0.717) is 24.5 Å². The largest absolute Gasteiger partial charge is 0.485 e. The molecule has 4 aliphatic rings. The Morgan fingerprint density at radius 1 is 0.912 bits per heavy atom. The molecule has 1 saturated carbocycles. The summed E-state index contributed by atoms with van der Waals surface area (Å²) in [7, 11) is 2.07. The first-order valence-corrected chi connectivity index (χ1v) is 12.6. The maximum atomic E-state index is 12.7. The van der Waals surface area contributed by atoms with Crippen molar-refractivity contribution < 1.29 is 23.8 Å². The Kier molecular flexibility index (Phi) is 7.22. The van der Waals surface area contributed by atoms with Crippen LogP contribution in [0.25, 0.3) is 0 Å². The number of rotatable bonds is 5. The second kappa shape index (κ2) is 10.5. The summed E-state index contributed by atoms with van der Waals surface area (Å²) >= 11 is 0. The van der Waals surface area contributed by atoms with Crippen LogP contribution in [-0.2, 0) is 9.47 Å². The van der Waals surface area contributed by atoms with E-state index in [4.69, 9.17) is 14.2 Å². The number of ether oxygens (including phenoxy) is 3. The van der Waals surface area contributed by atoms with E-state index in [0.717, 1.165) is 39.0 Å². The maximum absolute atomic E-state index is 12.7. The molecule has 0 spiro atoms. The third-order valence-corrected chi connectivity index (χ3v) is 7.44. The van der Waals surface area contributed by atoms with Gasteiger partial charge in [0.15, 0.2) is 6.10 Å². The molecule has 3 amide bonds. The van der Waals surface area contributed by atoms with E-state index in [2.05, 4.69) is 22.6 Å². The molecule has 4 atom stereocenters. The van der Waals surface area contributed by atoms with Crippen LogP contribution >= 0.6 is 0 Å². The molecule has 0 bridgehead atoms. The van der Waals surface area contributed by atoms with E-state index in [1.807, 2.05) is 29.2 Å². The van der Waals surface area contributed by atoms with Gasteiger partial charge >= 0.3 is 6.03 Å². The highest BCUT2D eigenvalue weighted by Gasteiger charge is 2.49. The Bertz CT molecular complexity index is 851. The average molecular weight is 473 g/mol. The highest BCUT2D eigenvalue weighted by molar-refractivity contribution is 5.94. The topological polar surface area (TPSA) is 92.4 Å².